The molecule has 1 aromatic rings. The summed E-state index contributed by atoms with van der Waals surface area (Å²) < 4.78 is 0. The van der Waals surface area contributed by atoms with Gasteiger partial charge in [0.05, 0.1) is 6.54 Å². The Bertz CT molecular complexity index is 390. The first-order valence-corrected chi connectivity index (χ1v) is 5.88. The number of nitrogens with zero attached hydrogens (tertiary/aromatic N) is 2. The molecule has 0 bridgehead atoms. The summed E-state index contributed by atoms with van der Waals surface area (Å²) in [7, 11) is 0. The lowest BCUT2D eigenvalue weighted by Gasteiger charge is -2.18. The van der Waals surface area contributed by atoms with Crippen LogP contribution < -0.4 is 5.32 Å². The zero-order valence-corrected chi connectivity index (χ0v) is 12.2. The van der Waals surface area contributed by atoms with Gasteiger partial charge in [0.2, 0.25) is 0 Å². The molecule has 1 aliphatic rings. The summed E-state index contributed by atoms with van der Waals surface area (Å²) in [6.45, 7) is 8.14. The summed E-state index contributed by atoms with van der Waals surface area (Å²) >= 11 is 0. The normalized spacial score (nSPS) is 14.2. The molecule has 0 unspecified atom stereocenters. The highest BCUT2D eigenvalue weighted by atomic mass is 79.9. The van der Waals surface area contributed by atoms with E-state index >= 15 is 0 Å². The highest BCUT2D eigenvalue weighted by Gasteiger charge is 2.13. The van der Waals surface area contributed by atoms with Gasteiger partial charge in [0, 0.05) is 19.6 Å². The highest BCUT2D eigenvalue weighted by molar-refractivity contribution is 8.93. The lowest BCUT2D eigenvalue weighted by molar-refractivity contribution is 0.466. The SMILES string of the molecule is Br.CCN1CCN=C1NCc1cccc(C)c1. The van der Waals surface area contributed by atoms with Crippen molar-refractivity contribution in [2.45, 2.75) is 20.4 Å². The fourth-order valence-electron chi connectivity index (χ4n) is 1.96. The van der Waals surface area contributed by atoms with Gasteiger partial charge < -0.3 is 10.2 Å². The van der Waals surface area contributed by atoms with Gasteiger partial charge in [-0.1, -0.05) is 29.8 Å². The largest absolute Gasteiger partial charge is 0.352 e. The molecule has 0 aromatic heterocycles. The number of hydrogen-bond donors (Lipinski definition) is 1. The van der Waals surface area contributed by atoms with E-state index in [0.29, 0.717) is 0 Å². The number of rotatable bonds is 3. The van der Waals surface area contributed by atoms with Crippen LogP contribution in [0.2, 0.25) is 0 Å². The fourth-order valence-corrected chi connectivity index (χ4v) is 1.96. The molecule has 17 heavy (non-hydrogen) atoms. The van der Waals surface area contributed by atoms with Crippen LogP contribution in [0.5, 0.6) is 0 Å². The van der Waals surface area contributed by atoms with E-state index < -0.39 is 0 Å². The smallest absolute Gasteiger partial charge is 0.194 e. The van der Waals surface area contributed by atoms with Crippen molar-refractivity contribution in [1.29, 1.82) is 0 Å². The van der Waals surface area contributed by atoms with Gasteiger partial charge in [-0.3, -0.25) is 4.99 Å². The minimum atomic E-state index is 0. The molecular formula is C13H20BrN3. The molecule has 94 valence electrons. The number of nitrogens with one attached hydrogen (secondary N) is 1. The molecule has 0 aliphatic carbocycles. The Morgan fingerprint density at radius 2 is 2.24 bits per heavy atom. The van der Waals surface area contributed by atoms with Crippen LogP contribution in [0.1, 0.15) is 18.1 Å². The zero-order valence-electron chi connectivity index (χ0n) is 10.4. The van der Waals surface area contributed by atoms with Crippen LogP contribution in [0.15, 0.2) is 29.3 Å². The van der Waals surface area contributed by atoms with Crippen LogP contribution in [0.25, 0.3) is 0 Å². The molecule has 1 heterocycles. The number of likely N-dealkylation sites (N-methyl/N-ethyl adjacent to an activating group) is 1. The average molecular weight is 298 g/mol. The molecule has 1 N–H and O–H groups in total. The Hall–Kier alpha value is -1.03. The second kappa shape index (κ2) is 6.64. The molecule has 0 amide bonds. The minimum absolute atomic E-state index is 0. The van der Waals surface area contributed by atoms with E-state index in [1.807, 2.05) is 0 Å². The van der Waals surface area contributed by atoms with Crippen molar-refractivity contribution in [3.63, 3.8) is 0 Å². The Morgan fingerprint density at radius 3 is 2.94 bits per heavy atom. The fraction of sp³-hybridized carbons (Fsp3) is 0.462. The quantitative estimate of drug-likeness (QED) is 0.927. The molecule has 0 saturated carbocycles. The summed E-state index contributed by atoms with van der Waals surface area (Å²) in [5.74, 6) is 1.05. The number of benzene rings is 1. The zero-order chi connectivity index (χ0) is 11.4. The molecule has 0 fully saturated rings. The number of halogens is 1. The summed E-state index contributed by atoms with van der Waals surface area (Å²) in [5, 5.41) is 3.40. The van der Waals surface area contributed by atoms with E-state index in [-0.39, 0.29) is 17.0 Å². The summed E-state index contributed by atoms with van der Waals surface area (Å²) in [5.41, 5.74) is 2.62. The number of aliphatic imine (C=N–C) groups is 1. The van der Waals surface area contributed by atoms with Gasteiger partial charge in [-0.15, -0.1) is 17.0 Å². The predicted molar refractivity (Wildman–Crippen MR) is 77.9 cm³/mol. The van der Waals surface area contributed by atoms with Crippen LogP contribution in [0.3, 0.4) is 0 Å². The van der Waals surface area contributed by atoms with Gasteiger partial charge in [0.25, 0.3) is 0 Å². The summed E-state index contributed by atoms with van der Waals surface area (Å²) in [6.07, 6.45) is 0. The van der Waals surface area contributed by atoms with E-state index in [0.717, 1.165) is 32.1 Å². The molecule has 0 spiro atoms. The van der Waals surface area contributed by atoms with Gasteiger partial charge in [-0.25, -0.2) is 0 Å². The summed E-state index contributed by atoms with van der Waals surface area (Å²) in [4.78, 5) is 6.73. The molecule has 1 aliphatic heterocycles. The maximum absolute atomic E-state index is 4.46. The van der Waals surface area contributed by atoms with Crippen molar-refractivity contribution < 1.29 is 0 Å². The van der Waals surface area contributed by atoms with Crippen LogP contribution in [0, 0.1) is 6.92 Å². The first kappa shape index (κ1) is 14.0. The lowest BCUT2D eigenvalue weighted by Crippen LogP contribution is -2.37. The van der Waals surface area contributed by atoms with E-state index in [4.69, 9.17) is 0 Å². The lowest BCUT2D eigenvalue weighted by atomic mass is 10.1. The molecule has 2 rings (SSSR count). The van der Waals surface area contributed by atoms with Gasteiger partial charge in [-0.2, -0.15) is 0 Å². The Morgan fingerprint density at radius 1 is 1.41 bits per heavy atom. The molecule has 0 atom stereocenters. The van der Waals surface area contributed by atoms with Crippen LogP contribution in [-0.2, 0) is 6.54 Å². The summed E-state index contributed by atoms with van der Waals surface area (Å²) in [6, 6.07) is 8.57. The molecule has 0 saturated heterocycles. The van der Waals surface area contributed by atoms with Crippen molar-refractivity contribution in [1.82, 2.24) is 10.2 Å². The third-order valence-corrected chi connectivity index (χ3v) is 2.85. The van der Waals surface area contributed by atoms with E-state index in [2.05, 4.69) is 53.3 Å². The molecule has 4 heteroatoms. The monoisotopic (exact) mass is 297 g/mol. The Labute approximate surface area is 114 Å². The number of guanidine groups is 1. The first-order chi connectivity index (χ1) is 7.79. The van der Waals surface area contributed by atoms with Crippen LogP contribution in [0.4, 0.5) is 0 Å². The van der Waals surface area contributed by atoms with Crippen molar-refractivity contribution in [2.75, 3.05) is 19.6 Å². The van der Waals surface area contributed by atoms with Gasteiger partial charge in [-0.05, 0) is 19.4 Å². The Kier molecular flexibility index (Phi) is 5.48. The third kappa shape index (κ3) is 3.73. The first-order valence-electron chi connectivity index (χ1n) is 5.88. The maximum Gasteiger partial charge on any atom is 0.194 e. The second-order valence-electron chi connectivity index (χ2n) is 4.13. The Balaban J connectivity index is 0.00000144. The van der Waals surface area contributed by atoms with Crippen molar-refractivity contribution in [3.8, 4) is 0 Å². The van der Waals surface area contributed by atoms with Crippen LogP contribution in [-0.4, -0.2) is 30.5 Å². The van der Waals surface area contributed by atoms with Crippen molar-refractivity contribution in [2.24, 2.45) is 4.99 Å². The highest BCUT2D eigenvalue weighted by Crippen LogP contribution is 2.05. The predicted octanol–water partition coefficient (Wildman–Crippen LogP) is 2.35. The number of hydrogen-bond acceptors (Lipinski definition) is 3. The number of aryl methyl sites for hydroxylation is 1. The van der Waals surface area contributed by atoms with Gasteiger partial charge in [0.1, 0.15) is 0 Å². The molecule has 0 radical (unpaired) electrons. The topological polar surface area (TPSA) is 27.6 Å². The second-order valence-corrected chi connectivity index (χ2v) is 4.13. The third-order valence-electron chi connectivity index (χ3n) is 2.85. The van der Waals surface area contributed by atoms with Crippen LogP contribution >= 0.6 is 17.0 Å². The van der Waals surface area contributed by atoms with Gasteiger partial charge >= 0.3 is 0 Å². The minimum Gasteiger partial charge on any atom is -0.352 e. The maximum atomic E-state index is 4.46. The molecule has 1 aromatic carbocycles. The van der Waals surface area contributed by atoms with Gasteiger partial charge in [0.15, 0.2) is 5.96 Å². The van der Waals surface area contributed by atoms with E-state index in [9.17, 15) is 0 Å². The standard InChI is InChI=1S/C13H19N3.BrH/c1-3-16-8-7-14-13(16)15-10-12-6-4-5-11(2)9-12;/h4-6,9H,3,7-8,10H2,1-2H3,(H,14,15);1H. The average Bonchev–Trinajstić information content (AvgIpc) is 2.74. The van der Waals surface area contributed by atoms with E-state index in [1.165, 1.54) is 11.1 Å². The van der Waals surface area contributed by atoms with Crippen molar-refractivity contribution >= 4 is 22.9 Å². The van der Waals surface area contributed by atoms with Crippen molar-refractivity contribution in [3.05, 3.63) is 35.4 Å². The molecule has 3 nitrogen and oxygen atoms in total. The molecular weight excluding hydrogens is 278 g/mol. The van der Waals surface area contributed by atoms with E-state index in [1.54, 1.807) is 0 Å².